The lowest BCUT2D eigenvalue weighted by atomic mass is 9.94. The van der Waals surface area contributed by atoms with E-state index >= 15 is 0 Å². The van der Waals surface area contributed by atoms with Gasteiger partial charge in [0.2, 0.25) is 0 Å². The molecule has 1 aromatic heterocycles. The lowest BCUT2D eigenvalue weighted by Gasteiger charge is -2.25. The number of ether oxygens (including phenoxy) is 1. The fraction of sp³-hybridized carbons (Fsp3) is 0.429. The van der Waals surface area contributed by atoms with Crippen LogP contribution >= 0.6 is 23.2 Å². The van der Waals surface area contributed by atoms with Crippen LogP contribution < -0.4 is 0 Å². The third-order valence-corrected chi connectivity index (χ3v) is 4.06. The number of rotatable bonds is 0. The third kappa shape index (κ3) is 1.52. The summed E-state index contributed by atoms with van der Waals surface area (Å²) in [5.41, 5.74) is 2.51. The van der Waals surface area contributed by atoms with Crippen molar-refractivity contribution in [1.82, 2.24) is 4.98 Å². The van der Waals surface area contributed by atoms with Crippen molar-refractivity contribution >= 4 is 34.1 Å². The quantitative estimate of drug-likeness (QED) is 0.725. The van der Waals surface area contributed by atoms with Gasteiger partial charge in [-0.05, 0) is 39.8 Å². The average molecular weight is 284 g/mol. The summed E-state index contributed by atoms with van der Waals surface area (Å²) in [6, 6.07) is 3.71. The Kier molecular flexibility index (Phi) is 2.36. The first-order chi connectivity index (χ1) is 8.22. The Balaban J connectivity index is 2.46. The molecule has 2 heterocycles. The molecule has 0 spiro atoms. The third-order valence-electron chi connectivity index (χ3n) is 3.54. The van der Waals surface area contributed by atoms with Crippen LogP contribution in [-0.4, -0.2) is 4.98 Å². The van der Waals surface area contributed by atoms with E-state index in [1.807, 2.05) is 6.07 Å². The second kappa shape index (κ2) is 3.44. The largest absolute Gasteiger partial charge is 0.359 e. The molecule has 0 amide bonds. The highest BCUT2D eigenvalue weighted by molar-refractivity contribution is 6.38. The minimum absolute atomic E-state index is 0.340. The van der Waals surface area contributed by atoms with Crippen molar-refractivity contribution in [2.24, 2.45) is 0 Å². The average Bonchev–Trinajstić information content (AvgIpc) is 2.63. The van der Waals surface area contributed by atoms with Crippen LogP contribution in [0.15, 0.2) is 12.1 Å². The van der Waals surface area contributed by atoms with Gasteiger partial charge in [0.05, 0.1) is 21.8 Å². The van der Waals surface area contributed by atoms with E-state index in [1.54, 1.807) is 6.07 Å². The standard InChI is InChI=1S/C14H15Cl2NO/c1-13(2)10-8-5-7(15)6-9(16)11(8)17-12(10)14(3,4)18-13/h5-6,17H,1-4H3. The molecule has 1 aliphatic rings. The van der Waals surface area contributed by atoms with Crippen molar-refractivity contribution in [3.8, 4) is 0 Å². The molecule has 1 aromatic carbocycles. The molecule has 0 atom stereocenters. The number of hydrogen-bond donors (Lipinski definition) is 1. The fourth-order valence-electron chi connectivity index (χ4n) is 3.04. The Morgan fingerprint density at radius 3 is 2.39 bits per heavy atom. The zero-order valence-electron chi connectivity index (χ0n) is 10.8. The molecule has 3 rings (SSSR count). The highest BCUT2D eigenvalue weighted by Crippen LogP contribution is 2.50. The van der Waals surface area contributed by atoms with Crippen LogP contribution in [0, 0.1) is 0 Å². The second-order valence-electron chi connectivity index (χ2n) is 5.81. The van der Waals surface area contributed by atoms with Gasteiger partial charge in [0.25, 0.3) is 0 Å². The summed E-state index contributed by atoms with van der Waals surface area (Å²) in [7, 11) is 0. The number of aromatic nitrogens is 1. The lowest BCUT2D eigenvalue weighted by molar-refractivity contribution is -0.106. The smallest absolute Gasteiger partial charge is 0.104 e. The molecular weight excluding hydrogens is 269 g/mol. The van der Waals surface area contributed by atoms with Gasteiger partial charge in [0, 0.05) is 16.0 Å². The van der Waals surface area contributed by atoms with Crippen LogP contribution in [-0.2, 0) is 15.9 Å². The van der Waals surface area contributed by atoms with Crippen molar-refractivity contribution < 1.29 is 4.74 Å². The van der Waals surface area contributed by atoms with E-state index in [0.29, 0.717) is 10.0 Å². The first kappa shape index (κ1) is 12.3. The Morgan fingerprint density at radius 1 is 1.06 bits per heavy atom. The molecule has 4 heteroatoms. The number of halogens is 2. The van der Waals surface area contributed by atoms with E-state index in [2.05, 4.69) is 32.7 Å². The number of H-pyrrole nitrogens is 1. The van der Waals surface area contributed by atoms with Crippen molar-refractivity contribution in [2.45, 2.75) is 38.9 Å². The molecule has 0 aliphatic carbocycles. The molecule has 96 valence electrons. The topological polar surface area (TPSA) is 25.0 Å². The van der Waals surface area contributed by atoms with Gasteiger partial charge in [-0.15, -0.1) is 0 Å². The molecule has 2 aromatic rings. The molecule has 0 unspecified atom stereocenters. The van der Waals surface area contributed by atoms with Crippen LogP contribution in [0.2, 0.25) is 10.0 Å². The Morgan fingerprint density at radius 2 is 1.72 bits per heavy atom. The maximum Gasteiger partial charge on any atom is 0.104 e. The summed E-state index contributed by atoms with van der Waals surface area (Å²) < 4.78 is 6.12. The maximum absolute atomic E-state index is 6.26. The van der Waals surface area contributed by atoms with Crippen molar-refractivity contribution in [1.29, 1.82) is 0 Å². The molecule has 1 N–H and O–H groups in total. The molecule has 0 radical (unpaired) electrons. The van der Waals surface area contributed by atoms with Crippen molar-refractivity contribution in [2.75, 3.05) is 0 Å². The van der Waals surface area contributed by atoms with Gasteiger partial charge in [0.1, 0.15) is 5.60 Å². The van der Waals surface area contributed by atoms with Crippen LogP contribution in [0.3, 0.4) is 0 Å². The SMILES string of the molecule is CC1(C)OC(C)(C)c2c1[nH]c1c(Cl)cc(Cl)cc21. The number of fused-ring (bicyclic) bond motifs is 3. The Bertz CT molecular complexity index is 655. The predicted octanol–water partition coefficient (Wildman–Crippen LogP) is 4.98. The Labute approximate surface area is 116 Å². The minimum Gasteiger partial charge on any atom is -0.359 e. The zero-order valence-corrected chi connectivity index (χ0v) is 12.3. The number of benzene rings is 1. The monoisotopic (exact) mass is 283 g/mol. The summed E-state index contributed by atoms with van der Waals surface area (Å²) >= 11 is 12.4. The number of nitrogens with one attached hydrogen (secondary N) is 1. The number of aromatic amines is 1. The minimum atomic E-state index is -0.342. The van der Waals surface area contributed by atoms with Gasteiger partial charge in [0.15, 0.2) is 0 Å². The van der Waals surface area contributed by atoms with E-state index in [-0.39, 0.29) is 11.2 Å². The van der Waals surface area contributed by atoms with Crippen molar-refractivity contribution in [3.63, 3.8) is 0 Å². The van der Waals surface area contributed by atoms with Crippen LogP contribution in [0.5, 0.6) is 0 Å². The molecule has 1 aliphatic heterocycles. The van der Waals surface area contributed by atoms with E-state index in [4.69, 9.17) is 27.9 Å². The highest BCUT2D eigenvalue weighted by Gasteiger charge is 2.46. The summed E-state index contributed by atoms with van der Waals surface area (Å²) in [6.45, 7) is 8.27. The van der Waals surface area contributed by atoms with Gasteiger partial charge in [-0.2, -0.15) is 0 Å². The van der Waals surface area contributed by atoms with Crippen LogP contribution in [0.25, 0.3) is 10.9 Å². The van der Waals surface area contributed by atoms with Gasteiger partial charge < -0.3 is 9.72 Å². The predicted molar refractivity (Wildman–Crippen MR) is 75.5 cm³/mol. The van der Waals surface area contributed by atoms with Crippen LogP contribution in [0.1, 0.15) is 39.0 Å². The summed E-state index contributed by atoms with van der Waals surface area (Å²) in [6.07, 6.45) is 0. The summed E-state index contributed by atoms with van der Waals surface area (Å²) in [5, 5.41) is 2.35. The normalized spacial score (nSPS) is 20.3. The van der Waals surface area contributed by atoms with E-state index in [1.165, 1.54) is 0 Å². The lowest BCUT2D eigenvalue weighted by Crippen LogP contribution is -2.23. The van der Waals surface area contributed by atoms with E-state index < -0.39 is 0 Å². The maximum atomic E-state index is 6.26. The first-order valence-electron chi connectivity index (χ1n) is 5.94. The molecule has 2 nitrogen and oxygen atoms in total. The highest BCUT2D eigenvalue weighted by atomic mass is 35.5. The van der Waals surface area contributed by atoms with E-state index in [0.717, 1.165) is 22.2 Å². The molecule has 0 bridgehead atoms. The summed E-state index contributed by atoms with van der Waals surface area (Å²) in [5.74, 6) is 0. The molecule has 0 fully saturated rings. The molecule has 18 heavy (non-hydrogen) atoms. The van der Waals surface area contributed by atoms with Gasteiger partial charge in [-0.3, -0.25) is 0 Å². The van der Waals surface area contributed by atoms with Gasteiger partial charge in [-0.25, -0.2) is 0 Å². The van der Waals surface area contributed by atoms with Gasteiger partial charge >= 0.3 is 0 Å². The zero-order chi connectivity index (χ0) is 13.3. The molecule has 0 saturated carbocycles. The number of hydrogen-bond acceptors (Lipinski definition) is 1. The Hall–Kier alpha value is -0.700. The summed E-state index contributed by atoms with van der Waals surface area (Å²) in [4.78, 5) is 3.40. The molecule has 0 saturated heterocycles. The van der Waals surface area contributed by atoms with Gasteiger partial charge in [-0.1, -0.05) is 23.2 Å². The van der Waals surface area contributed by atoms with E-state index in [9.17, 15) is 0 Å². The van der Waals surface area contributed by atoms with Crippen molar-refractivity contribution in [3.05, 3.63) is 33.4 Å². The second-order valence-corrected chi connectivity index (χ2v) is 6.65. The first-order valence-corrected chi connectivity index (χ1v) is 6.70. The molecular formula is C14H15Cl2NO. The van der Waals surface area contributed by atoms with Crippen LogP contribution in [0.4, 0.5) is 0 Å². The fourth-order valence-corrected chi connectivity index (χ4v) is 3.58.